The summed E-state index contributed by atoms with van der Waals surface area (Å²) in [7, 11) is 0. The summed E-state index contributed by atoms with van der Waals surface area (Å²) in [6, 6.07) is -0.983. The Morgan fingerprint density at radius 1 is 0.473 bits per heavy atom. The predicted octanol–water partition coefficient (Wildman–Crippen LogP) is 3.98. The van der Waals surface area contributed by atoms with Gasteiger partial charge in [-0.25, -0.2) is 0 Å². The zero-order valence-corrected chi connectivity index (χ0v) is 44.8. The van der Waals surface area contributed by atoms with Gasteiger partial charge >= 0.3 is 0 Å². The van der Waals surface area contributed by atoms with Crippen LogP contribution < -0.4 is 5.32 Å². The molecule has 3 heterocycles. The van der Waals surface area contributed by atoms with Gasteiger partial charge < -0.3 is 89.9 Å². The first kappa shape index (κ1) is 66.5. The molecule has 3 fully saturated rings. The van der Waals surface area contributed by atoms with Gasteiger partial charge in [-0.3, -0.25) is 4.79 Å². The number of hydrogen-bond acceptors (Lipinski definition) is 18. The first-order valence-corrected chi connectivity index (χ1v) is 28.6. The molecule has 434 valence electrons. The summed E-state index contributed by atoms with van der Waals surface area (Å²) in [6.45, 7) is 1.65. The Morgan fingerprint density at radius 3 is 1.35 bits per heavy atom. The van der Waals surface area contributed by atoms with E-state index in [9.17, 15) is 61.0 Å². The fraction of sp³-hybridized carbons (Fsp3) is 0.909. The number of rotatable bonds is 41. The lowest BCUT2D eigenvalue weighted by Crippen LogP contribution is -2.66. The van der Waals surface area contributed by atoms with Gasteiger partial charge in [-0.2, -0.15) is 0 Å². The molecule has 0 saturated carbocycles. The zero-order valence-electron chi connectivity index (χ0n) is 44.8. The summed E-state index contributed by atoms with van der Waals surface area (Å²) in [5, 5.41) is 120. The van der Waals surface area contributed by atoms with Gasteiger partial charge in [-0.1, -0.05) is 173 Å². The van der Waals surface area contributed by atoms with E-state index in [1.807, 2.05) is 6.08 Å². The van der Waals surface area contributed by atoms with Gasteiger partial charge in [0.25, 0.3) is 0 Å². The molecule has 3 saturated heterocycles. The second-order valence-electron chi connectivity index (χ2n) is 20.8. The van der Waals surface area contributed by atoms with Crippen molar-refractivity contribution in [2.24, 2.45) is 0 Å². The van der Waals surface area contributed by atoms with Gasteiger partial charge in [0, 0.05) is 6.42 Å². The summed E-state index contributed by atoms with van der Waals surface area (Å²) >= 11 is 0. The standard InChI is InChI=1S/C55H101NO18/c1-3-5-7-9-11-13-14-15-16-17-18-19-20-21-22-23-24-25-26-28-30-32-39(60)38(56-43(61)33-31-29-27-12-10-8-6-4-2)37-69-53-49(67)46(64)51(41(35-58)71-53)74-55-50(68)47(65)52(42(36-59)72-55)73-54-48(66)45(63)44(62)40(34-57)70-54/h24-25,30,32,38-42,44-55,57-60,62-68H,3-23,26-29,31,33-37H2,1-2H3,(H,56,61)/b25-24+,32-30+. The van der Waals surface area contributed by atoms with E-state index >= 15 is 0 Å². The molecule has 17 atom stereocenters. The fourth-order valence-corrected chi connectivity index (χ4v) is 9.74. The minimum atomic E-state index is -1.98. The highest BCUT2D eigenvalue weighted by Gasteiger charge is 2.53. The molecule has 3 aliphatic heterocycles. The molecule has 0 spiro atoms. The minimum absolute atomic E-state index is 0.237. The molecule has 0 aromatic rings. The van der Waals surface area contributed by atoms with Crippen molar-refractivity contribution in [1.29, 1.82) is 0 Å². The van der Waals surface area contributed by atoms with E-state index in [2.05, 4.69) is 31.3 Å². The van der Waals surface area contributed by atoms with Gasteiger partial charge in [0.2, 0.25) is 5.91 Å². The first-order valence-electron chi connectivity index (χ1n) is 28.6. The molecule has 0 aromatic carbocycles. The summed E-state index contributed by atoms with van der Waals surface area (Å²) < 4.78 is 34.1. The molecular weight excluding hydrogens is 963 g/mol. The van der Waals surface area contributed by atoms with E-state index in [1.165, 1.54) is 109 Å². The SMILES string of the molecule is CCCCCCCCCCCCCCCCC/C=C/CC/C=C/C(O)C(COC1OC(CO)C(OC2OC(CO)C(OC3OC(CO)C(O)C(O)C3O)C(O)C2O)C(O)C1O)NC(=O)CCCCCCCCCC. The molecule has 74 heavy (non-hydrogen) atoms. The smallest absolute Gasteiger partial charge is 0.220 e. The number of carbonyl (C=O) groups is 1. The number of allylic oxidation sites excluding steroid dienone is 3. The number of carbonyl (C=O) groups excluding carboxylic acids is 1. The van der Waals surface area contributed by atoms with Gasteiger partial charge in [0.05, 0.1) is 38.6 Å². The maximum Gasteiger partial charge on any atom is 0.220 e. The third kappa shape index (κ3) is 24.1. The van der Waals surface area contributed by atoms with Crippen molar-refractivity contribution in [2.75, 3.05) is 26.4 Å². The van der Waals surface area contributed by atoms with Gasteiger partial charge in [-0.15, -0.1) is 0 Å². The number of nitrogens with one attached hydrogen (secondary N) is 1. The second kappa shape index (κ2) is 39.6. The lowest BCUT2D eigenvalue weighted by atomic mass is 9.96. The van der Waals surface area contributed by atoms with Crippen LogP contribution in [-0.4, -0.2) is 193 Å². The van der Waals surface area contributed by atoms with Crippen LogP contribution in [0.1, 0.15) is 187 Å². The first-order chi connectivity index (χ1) is 35.8. The highest BCUT2D eigenvalue weighted by Crippen LogP contribution is 2.33. The molecule has 3 rings (SSSR count). The number of unbranched alkanes of at least 4 members (excludes halogenated alkanes) is 23. The molecule has 17 unspecified atom stereocenters. The molecule has 19 heteroatoms. The molecule has 3 aliphatic rings. The number of ether oxygens (including phenoxy) is 6. The van der Waals surface area contributed by atoms with E-state index in [4.69, 9.17) is 28.4 Å². The average molecular weight is 1060 g/mol. The Bertz CT molecular complexity index is 1460. The van der Waals surface area contributed by atoms with E-state index in [0.717, 1.165) is 44.9 Å². The van der Waals surface area contributed by atoms with Crippen LogP contribution in [0.15, 0.2) is 24.3 Å². The van der Waals surface area contributed by atoms with Crippen LogP contribution in [0, 0.1) is 0 Å². The van der Waals surface area contributed by atoms with Crippen molar-refractivity contribution >= 4 is 5.91 Å². The third-order valence-corrected chi connectivity index (χ3v) is 14.5. The Hall–Kier alpha value is -1.73. The van der Waals surface area contributed by atoms with Crippen LogP contribution in [0.2, 0.25) is 0 Å². The van der Waals surface area contributed by atoms with E-state index < -0.39 is 124 Å². The number of aliphatic hydroxyl groups is 11. The summed E-state index contributed by atoms with van der Waals surface area (Å²) in [5.41, 5.74) is 0. The molecule has 12 N–H and O–H groups in total. The van der Waals surface area contributed by atoms with Crippen molar-refractivity contribution in [3.63, 3.8) is 0 Å². The van der Waals surface area contributed by atoms with E-state index in [0.29, 0.717) is 12.8 Å². The van der Waals surface area contributed by atoms with E-state index in [1.54, 1.807) is 6.08 Å². The van der Waals surface area contributed by atoms with Gasteiger partial charge in [-0.05, 0) is 32.1 Å². The number of hydrogen-bond donors (Lipinski definition) is 12. The Morgan fingerprint density at radius 2 is 0.865 bits per heavy atom. The zero-order chi connectivity index (χ0) is 54.1. The highest BCUT2D eigenvalue weighted by atomic mass is 16.8. The highest BCUT2D eigenvalue weighted by molar-refractivity contribution is 5.76. The summed E-state index contributed by atoms with van der Waals surface area (Å²) in [4.78, 5) is 13.2. The minimum Gasteiger partial charge on any atom is -0.394 e. The Balaban J connectivity index is 1.50. The largest absolute Gasteiger partial charge is 0.394 e. The van der Waals surface area contributed by atoms with Crippen molar-refractivity contribution < 1.29 is 89.4 Å². The van der Waals surface area contributed by atoms with Crippen molar-refractivity contribution in [3.8, 4) is 0 Å². The Kier molecular flexibility index (Phi) is 35.6. The molecule has 0 aromatic heterocycles. The molecule has 0 radical (unpaired) electrons. The average Bonchev–Trinajstić information content (AvgIpc) is 3.40. The molecular formula is C55H101NO18. The lowest BCUT2D eigenvalue weighted by Gasteiger charge is -2.48. The number of amides is 1. The molecule has 0 aliphatic carbocycles. The van der Waals surface area contributed by atoms with Crippen molar-refractivity contribution in [2.45, 2.75) is 291 Å². The van der Waals surface area contributed by atoms with Crippen LogP contribution in [-0.2, 0) is 33.2 Å². The maximum atomic E-state index is 13.2. The predicted molar refractivity (Wildman–Crippen MR) is 277 cm³/mol. The monoisotopic (exact) mass is 1060 g/mol. The maximum absolute atomic E-state index is 13.2. The quantitative estimate of drug-likeness (QED) is 0.0304. The van der Waals surface area contributed by atoms with Crippen LogP contribution in [0.5, 0.6) is 0 Å². The van der Waals surface area contributed by atoms with Crippen molar-refractivity contribution in [3.05, 3.63) is 24.3 Å². The normalized spacial score (nSPS) is 31.6. The third-order valence-electron chi connectivity index (χ3n) is 14.5. The van der Waals surface area contributed by atoms with Gasteiger partial charge in [0.15, 0.2) is 18.9 Å². The van der Waals surface area contributed by atoms with E-state index in [-0.39, 0.29) is 18.9 Å². The Labute approximate surface area is 441 Å². The van der Waals surface area contributed by atoms with Crippen molar-refractivity contribution in [1.82, 2.24) is 5.32 Å². The summed E-state index contributed by atoms with van der Waals surface area (Å²) in [5.74, 6) is -0.291. The van der Waals surface area contributed by atoms with Crippen LogP contribution >= 0.6 is 0 Å². The van der Waals surface area contributed by atoms with Gasteiger partial charge in [0.1, 0.15) is 73.2 Å². The van der Waals surface area contributed by atoms with Crippen LogP contribution in [0.25, 0.3) is 0 Å². The molecule has 1 amide bonds. The fourth-order valence-electron chi connectivity index (χ4n) is 9.74. The van der Waals surface area contributed by atoms with Crippen LogP contribution in [0.3, 0.4) is 0 Å². The topological polar surface area (TPSA) is 307 Å². The lowest BCUT2D eigenvalue weighted by molar-refractivity contribution is -0.379. The van der Waals surface area contributed by atoms with Crippen LogP contribution in [0.4, 0.5) is 0 Å². The molecule has 0 bridgehead atoms. The molecule has 19 nitrogen and oxygen atoms in total. The second-order valence-corrected chi connectivity index (χ2v) is 20.8. The summed E-state index contributed by atoms with van der Waals surface area (Å²) in [6.07, 6.45) is 12.0. The number of aliphatic hydroxyl groups excluding tert-OH is 11.